The number of nitro benzene ring substituents is 1. The topological polar surface area (TPSA) is 43.1 Å². The maximum absolute atomic E-state index is 10.8. The van der Waals surface area contributed by atoms with Gasteiger partial charge >= 0.3 is 168 Å². The third-order valence-corrected chi connectivity index (χ3v) is 11.2. The molecule has 0 aliphatic carbocycles. The van der Waals surface area contributed by atoms with Crippen molar-refractivity contribution >= 4 is 60.8 Å². The molecule has 5 heteroatoms. The van der Waals surface area contributed by atoms with Gasteiger partial charge in [0.1, 0.15) is 0 Å². The molecule has 124 valence electrons. The summed E-state index contributed by atoms with van der Waals surface area (Å²) in [5, 5.41) is 10.8. The second-order valence-electron chi connectivity index (χ2n) is 5.14. The first-order chi connectivity index (χ1) is 12.2. The molecule has 0 radical (unpaired) electrons. The zero-order valence-corrected chi connectivity index (χ0v) is 17.9. The number of rotatable bonds is 6. The Labute approximate surface area is 167 Å². The van der Waals surface area contributed by atoms with Crippen LogP contribution >= 0.6 is 0 Å². The summed E-state index contributed by atoms with van der Waals surface area (Å²) in [6, 6.07) is 28.1. The maximum atomic E-state index is 10.8. The van der Waals surface area contributed by atoms with Gasteiger partial charge in [-0.05, 0) is 0 Å². The molecule has 0 atom stereocenters. The Kier molecular flexibility index (Phi) is 6.68. The van der Waals surface area contributed by atoms with E-state index in [1.807, 2.05) is 24.3 Å². The first kappa shape index (κ1) is 18.2. The van der Waals surface area contributed by atoms with Crippen molar-refractivity contribution in [3.05, 3.63) is 102 Å². The molecular formula is C20H15NO2Te2. The van der Waals surface area contributed by atoms with Gasteiger partial charge in [0.25, 0.3) is 0 Å². The molecule has 0 saturated carbocycles. The first-order valence-corrected chi connectivity index (χ1v) is 12.3. The molecular weight excluding hydrogens is 541 g/mol. The number of non-ortho nitro benzene ring substituents is 1. The molecule has 0 heterocycles. The van der Waals surface area contributed by atoms with Crippen molar-refractivity contribution in [3.63, 3.8) is 0 Å². The first-order valence-electron chi connectivity index (χ1n) is 7.63. The van der Waals surface area contributed by atoms with Gasteiger partial charge in [-0.25, -0.2) is 0 Å². The molecule has 25 heavy (non-hydrogen) atoms. The fraction of sp³-hybridized carbons (Fsp3) is 0. The number of nitro groups is 1. The minimum atomic E-state index is -0.433. The number of hydrogen-bond acceptors (Lipinski definition) is 2. The number of hydrogen-bond donors (Lipinski definition) is 0. The third kappa shape index (κ3) is 5.70. The van der Waals surface area contributed by atoms with Crippen LogP contribution in [-0.4, -0.2) is 46.8 Å². The Morgan fingerprint density at radius 1 is 0.760 bits per heavy atom. The van der Waals surface area contributed by atoms with Crippen LogP contribution in [-0.2, 0) is 0 Å². The molecule has 0 N–H and O–H groups in total. The van der Waals surface area contributed by atoms with Crippen molar-refractivity contribution in [1.29, 1.82) is 0 Å². The van der Waals surface area contributed by atoms with Crippen molar-refractivity contribution in [2.24, 2.45) is 0 Å². The minimum absolute atomic E-state index is 0.137. The summed E-state index contributed by atoms with van der Waals surface area (Å²) in [5.74, 6) is 0. The fourth-order valence-electron chi connectivity index (χ4n) is 2.12. The SMILES string of the molecule is O=[N+]([O-])c1ccc(C=C([Te]c2ccccc2)[Te]c2ccccc2)cc1. The summed E-state index contributed by atoms with van der Waals surface area (Å²) in [6.45, 7) is 0. The van der Waals surface area contributed by atoms with Crippen LogP contribution in [0.1, 0.15) is 5.56 Å². The van der Waals surface area contributed by atoms with Crippen LogP contribution < -0.4 is 7.22 Å². The van der Waals surface area contributed by atoms with E-state index in [-0.39, 0.29) is 10.6 Å². The van der Waals surface area contributed by atoms with Gasteiger partial charge in [-0.3, -0.25) is 0 Å². The molecule has 0 aromatic heterocycles. The molecule has 0 saturated heterocycles. The third-order valence-electron chi connectivity index (χ3n) is 3.31. The van der Waals surface area contributed by atoms with Crippen LogP contribution in [0.15, 0.2) is 86.6 Å². The van der Waals surface area contributed by atoms with Crippen molar-refractivity contribution in [2.75, 3.05) is 0 Å². The average molecular weight is 557 g/mol. The molecule has 0 amide bonds. The number of benzene rings is 3. The Balaban J connectivity index is 1.87. The quantitative estimate of drug-likeness (QED) is 0.266. The van der Waals surface area contributed by atoms with Crippen molar-refractivity contribution in [2.45, 2.75) is 0 Å². The normalized spacial score (nSPS) is 10.2. The van der Waals surface area contributed by atoms with E-state index in [1.54, 1.807) is 12.1 Å². The second kappa shape index (κ2) is 9.18. The standard InChI is InChI=1S/C20H15NO2Te2/c22-21(23)17-13-11-16(12-14-17)15-20(24-18-7-3-1-4-8-18)25-19-9-5-2-6-10-19/h1-15H. The fourth-order valence-corrected chi connectivity index (χ4v) is 10.8. The molecule has 3 rings (SSSR count). The van der Waals surface area contributed by atoms with E-state index >= 15 is 0 Å². The van der Waals surface area contributed by atoms with Crippen LogP contribution in [0.25, 0.3) is 6.08 Å². The molecule has 0 spiro atoms. The van der Waals surface area contributed by atoms with Gasteiger partial charge in [0.15, 0.2) is 0 Å². The van der Waals surface area contributed by atoms with Crippen molar-refractivity contribution in [1.82, 2.24) is 0 Å². The predicted molar refractivity (Wildman–Crippen MR) is 105 cm³/mol. The second-order valence-corrected chi connectivity index (χ2v) is 14.0. The number of nitrogens with zero attached hydrogens (tertiary/aromatic N) is 1. The average Bonchev–Trinajstić information content (AvgIpc) is 2.64. The zero-order valence-electron chi connectivity index (χ0n) is 13.2. The summed E-state index contributed by atoms with van der Waals surface area (Å²) in [6.07, 6.45) is 2.24. The van der Waals surface area contributed by atoms with Gasteiger partial charge in [-0.15, -0.1) is 0 Å². The molecule has 3 nitrogen and oxygen atoms in total. The molecule has 3 aromatic carbocycles. The molecule has 0 bridgehead atoms. The van der Waals surface area contributed by atoms with E-state index < -0.39 is 41.8 Å². The van der Waals surface area contributed by atoms with Crippen LogP contribution in [0, 0.1) is 10.1 Å². The predicted octanol–water partition coefficient (Wildman–Crippen LogP) is 2.95. The summed E-state index contributed by atoms with van der Waals surface area (Å²) < 4.78 is 4.37. The summed E-state index contributed by atoms with van der Waals surface area (Å²) in [7, 11) is 0. The molecule has 0 aliphatic heterocycles. The van der Waals surface area contributed by atoms with Crippen molar-refractivity contribution in [3.8, 4) is 0 Å². The van der Waals surface area contributed by atoms with Gasteiger partial charge in [-0.2, -0.15) is 0 Å². The zero-order chi connectivity index (χ0) is 17.5. The van der Waals surface area contributed by atoms with E-state index in [1.165, 1.54) is 8.89 Å². The summed E-state index contributed by atoms with van der Waals surface area (Å²) >= 11 is -0.867. The summed E-state index contributed by atoms with van der Waals surface area (Å²) in [4.78, 5) is 10.5. The summed E-state index contributed by atoms with van der Waals surface area (Å²) in [5.41, 5.74) is 1.18. The Morgan fingerprint density at radius 3 is 1.68 bits per heavy atom. The Morgan fingerprint density at radius 2 is 1.24 bits per heavy atom. The van der Waals surface area contributed by atoms with E-state index in [2.05, 4.69) is 54.6 Å². The molecule has 0 fully saturated rings. The van der Waals surface area contributed by atoms with Crippen LogP contribution in [0.2, 0.25) is 0 Å². The Hall–Kier alpha value is -1.62. The van der Waals surface area contributed by atoms with Gasteiger partial charge in [0, 0.05) is 0 Å². The van der Waals surface area contributed by atoms with Crippen LogP contribution in [0.4, 0.5) is 5.69 Å². The van der Waals surface area contributed by atoms with Gasteiger partial charge in [-0.1, -0.05) is 0 Å². The molecule has 0 unspecified atom stereocenters. The Bertz CT molecular complexity index is 820. The van der Waals surface area contributed by atoms with E-state index in [0.29, 0.717) is 0 Å². The van der Waals surface area contributed by atoms with Gasteiger partial charge in [0.2, 0.25) is 0 Å². The molecule has 3 aromatic rings. The van der Waals surface area contributed by atoms with Crippen LogP contribution in [0.3, 0.4) is 0 Å². The van der Waals surface area contributed by atoms with Gasteiger partial charge < -0.3 is 0 Å². The van der Waals surface area contributed by atoms with Gasteiger partial charge in [0.05, 0.1) is 0 Å². The van der Waals surface area contributed by atoms with Crippen molar-refractivity contribution < 1.29 is 4.92 Å². The van der Waals surface area contributed by atoms with E-state index in [4.69, 9.17) is 0 Å². The monoisotopic (exact) mass is 561 g/mol. The van der Waals surface area contributed by atoms with Crippen LogP contribution in [0.5, 0.6) is 0 Å². The van der Waals surface area contributed by atoms with E-state index in [9.17, 15) is 10.1 Å². The molecule has 0 aliphatic rings. The van der Waals surface area contributed by atoms with E-state index in [0.717, 1.165) is 5.56 Å².